The molecule has 1 aliphatic rings. The van der Waals surface area contributed by atoms with Gasteiger partial charge in [0.05, 0.1) is 12.5 Å². The molecule has 2 aromatic rings. The molecule has 0 radical (unpaired) electrons. The fourth-order valence-electron chi connectivity index (χ4n) is 2.35. The highest BCUT2D eigenvalue weighted by molar-refractivity contribution is 5.63. The summed E-state index contributed by atoms with van der Waals surface area (Å²) in [6.45, 7) is 0.0956. The molecule has 0 bridgehead atoms. The standard InChI is InChI=1S/C18H19FN4O3/c1-23(2)11-21-16-15(19)9-20-17(22-16)26-18(24)25-10-13-5-3-4-6-14(13)12-7-8-12/h3-6,9,11-12H,7-8,10H2,1-2H3. The van der Waals surface area contributed by atoms with Crippen LogP contribution in [0.4, 0.5) is 15.0 Å². The van der Waals surface area contributed by atoms with Crippen molar-refractivity contribution in [3.63, 3.8) is 0 Å². The number of ether oxygens (including phenoxy) is 2. The van der Waals surface area contributed by atoms with Crippen LogP contribution in [0.5, 0.6) is 6.01 Å². The Morgan fingerprint density at radius 1 is 1.38 bits per heavy atom. The normalized spacial score (nSPS) is 13.7. The molecule has 0 amide bonds. The topological polar surface area (TPSA) is 76.9 Å². The summed E-state index contributed by atoms with van der Waals surface area (Å²) in [7, 11) is 3.47. The number of aromatic nitrogens is 2. The second-order valence-electron chi connectivity index (χ2n) is 6.15. The van der Waals surface area contributed by atoms with Gasteiger partial charge in [-0.2, -0.15) is 4.98 Å². The van der Waals surface area contributed by atoms with E-state index in [-0.39, 0.29) is 18.4 Å². The van der Waals surface area contributed by atoms with E-state index in [1.54, 1.807) is 19.0 Å². The van der Waals surface area contributed by atoms with Crippen LogP contribution in [0.15, 0.2) is 35.5 Å². The minimum atomic E-state index is -0.954. The van der Waals surface area contributed by atoms with Crippen LogP contribution in [0.2, 0.25) is 0 Å². The molecule has 0 N–H and O–H groups in total. The first kappa shape index (κ1) is 17.8. The molecule has 26 heavy (non-hydrogen) atoms. The van der Waals surface area contributed by atoms with E-state index in [2.05, 4.69) is 15.0 Å². The number of aliphatic imine (C=N–C) groups is 1. The highest BCUT2D eigenvalue weighted by Crippen LogP contribution is 2.41. The molecule has 1 aliphatic carbocycles. The molecule has 1 fully saturated rings. The molecular formula is C18H19FN4O3. The SMILES string of the molecule is CN(C)C=Nc1nc(OC(=O)OCc2ccccc2C2CC2)ncc1F. The predicted octanol–water partition coefficient (Wildman–Crippen LogP) is 3.43. The average Bonchev–Trinajstić information content (AvgIpc) is 3.45. The highest BCUT2D eigenvalue weighted by Gasteiger charge is 2.26. The number of carbonyl (C=O) groups is 1. The van der Waals surface area contributed by atoms with Crippen LogP contribution < -0.4 is 4.74 Å². The lowest BCUT2D eigenvalue weighted by Crippen LogP contribution is -2.13. The van der Waals surface area contributed by atoms with Crippen LogP contribution in [-0.4, -0.2) is 41.5 Å². The van der Waals surface area contributed by atoms with Gasteiger partial charge in [-0.1, -0.05) is 24.3 Å². The smallest absolute Gasteiger partial charge is 0.429 e. The van der Waals surface area contributed by atoms with Crippen LogP contribution in [0, 0.1) is 5.82 Å². The summed E-state index contributed by atoms with van der Waals surface area (Å²) in [4.78, 5) is 24.7. The zero-order chi connectivity index (χ0) is 18.5. The van der Waals surface area contributed by atoms with Gasteiger partial charge < -0.3 is 14.4 Å². The van der Waals surface area contributed by atoms with E-state index >= 15 is 0 Å². The molecule has 1 saturated carbocycles. The van der Waals surface area contributed by atoms with Gasteiger partial charge in [0.1, 0.15) is 6.61 Å². The molecule has 1 aromatic carbocycles. The number of nitrogens with zero attached hydrogens (tertiary/aromatic N) is 4. The third kappa shape index (κ3) is 4.75. The number of rotatable bonds is 6. The van der Waals surface area contributed by atoms with Gasteiger partial charge in [0.2, 0.25) is 0 Å². The Hall–Kier alpha value is -3.03. The van der Waals surface area contributed by atoms with Crippen molar-refractivity contribution in [2.75, 3.05) is 14.1 Å². The van der Waals surface area contributed by atoms with E-state index in [9.17, 15) is 9.18 Å². The first-order valence-corrected chi connectivity index (χ1v) is 8.18. The van der Waals surface area contributed by atoms with Crippen molar-refractivity contribution < 1.29 is 18.7 Å². The van der Waals surface area contributed by atoms with Gasteiger partial charge >= 0.3 is 12.2 Å². The molecule has 3 rings (SSSR count). The van der Waals surface area contributed by atoms with Crippen LogP contribution in [0.25, 0.3) is 0 Å². The molecule has 1 heterocycles. The largest absolute Gasteiger partial charge is 0.516 e. The summed E-state index contributed by atoms with van der Waals surface area (Å²) < 4.78 is 23.7. The van der Waals surface area contributed by atoms with Gasteiger partial charge in [-0.05, 0) is 29.9 Å². The summed E-state index contributed by atoms with van der Waals surface area (Å²) in [6, 6.07) is 7.51. The van der Waals surface area contributed by atoms with Crippen LogP contribution in [0.3, 0.4) is 0 Å². The van der Waals surface area contributed by atoms with Gasteiger partial charge in [0.15, 0.2) is 11.6 Å². The first-order chi connectivity index (χ1) is 12.5. The maximum Gasteiger partial charge on any atom is 0.516 e. The van der Waals surface area contributed by atoms with Gasteiger partial charge in [0.25, 0.3) is 0 Å². The molecule has 136 valence electrons. The molecule has 0 aliphatic heterocycles. The minimum absolute atomic E-state index is 0.0956. The van der Waals surface area contributed by atoms with Gasteiger partial charge in [-0.3, -0.25) is 0 Å². The molecule has 0 atom stereocenters. The maximum atomic E-state index is 13.6. The average molecular weight is 358 g/mol. The van der Waals surface area contributed by atoms with Gasteiger partial charge in [-0.15, -0.1) is 0 Å². The van der Waals surface area contributed by atoms with E-state index in [0.29, 0.717) is 5.92 Å². The van der Waals surface area contributed by atoms with Crippen molar-refractivity contribution in [2.45, 2.75) is 25.4 Å². The van der Waals surface area contributed by atoms with E-state index in [1.807, 2.05) is 24.3 Å². The molecule has 8 heteroatoms. The zero-order valence-corrected chi connectivity index (χ0v) is 14.6. The lowest BCUT2D eigenvalue weighted by atomic mass is 10.0. The molecular weight excluding hydrogens is 339 g/mol. The molecule has 7 nitrogen and oxygen atoms in total. The Morgan fingerprint density at radius 3 is 2.88 bits per heavy atom. The van der Waals surface area contributed by atoms with Crippen LogP contribution in [-0.2, 0) is 11.3 Å². The second-order valence-corrected chi connectivity index (χ2v) is 6.15. The van der Waals surface area contributed by atoms with Crippen molar-refractivity contribution in [1.29, 1.82) is 0 Å². The summed E-state index contributed by atoms with van der Waals surface area (Å²) in [5.74, 6) is -0.402. The third-order valence-electron chi connectivity index (χ3n) is 3.71. The molecule has 0 saturated heterocycles. The fraction of sp³-hybridized carbons (Fsp3) is 0.333. The van der Waals surface area contributed by atoms with E-state index in [4.69, 9.17) is 9.47 Å². The summed E-state index contributed by atoms with van der Waals surface area (Å²) >= 11 is 0. The molecule has 0 spiro atoms. The summed E-state index contributed by atoms with van der Waals surface area (Å²) in [5.41, 5.74) is 2.14. The Kier molecular flexibility index (Phi) is 5.40. The number of carbonyl (C=O) groups excluding carboxylic acids is 1. The Labute approximate surface area is 150 Å². The zero-order valence-electron chi connectivity index (χ0n) is 14.6. The molecule has 1 aromatic heterocycles. The van der Waals surface area contributed by atoms with Gasteiger partial charge in [0, 0.05) is 14.1 Å². The number of hydrogen-bond donors (Lipinski definition) is 0. The second kappa shape index (κ2) is 7.90. The predicted molar refractivity (Wildman–Crippen MR) is 93.1 cm³/mol. The van der Waals surface area contributed by atoms with Crippen molar-refractivity contribution in [3.8, 4) is 6.01 Å². The minimum Gasteiger partial charge on any atom is -0.429 e. The first-order valence-electron chi connectivity index (χ1n) is 8.18. The number of halogens is 1. The van der Waals surface area contributed by atoms with Crippen molar-refractivity contribution in [2.24, 2.45) is 4.99 Å². The highest BCUT2D eigenvalue weighted by atomic mass is 19.1. The Bertz CT molecular complexity index is 822. The van der Waals surface area contributed by atoms with Gasteiger partial charge in [-0.25, -0.2) is 19.2 Å². The number of benzene rings is 1. The Balaban J connectivity index is 1.61. The van der Waals surface area contributed by atoms with Crippen LogP contribution in [0.1, 0.15) is 29.9 Å². The van der Waals surface area contributed by atoms with Crippen molar-refractivity contribution in [1.82, 2.24) is 14.9 Å². The quantitative estimate of drug-likeness (QED) is 0.447. The molecule has 0 unspecified atom stereocenters. The lowest BCUT2D eigenvalue weighted by Gasteiger charge is -2.09. The monoisotopic (exact) mass is 358 g/mol. The van der Waals surface area contributed by atoms with E-state index < -0.39 is 12.0 Å². The van der Waals surface area contributed by atoms with Crippen molar-refractivity contribution in [3.05, 3.63) is 47.4 Å². The van der Waals surface area contributed by atoms with Crippen LogP contribution >= 0.6 is 0 Å². The van der Waals surface area contributed by atoms with E-state index in [0.717, 1.165) is 24.6 Å². The summed E-state index contributed by atoms with van der Waals surface area (Å²) in [6.07, 6.45) is 3.62. The maximum absolute atomic E-state index is 13.6. The Morgan fingerprint density at radius 2 is 2.15 bits per heavy atom. The summed E-state index contributed by atoms with van der Waals surface area (Å²) in [5, 5.41) is 0. The fourth-order valence-corrected chi connectivity index (χ4v) is 2.35. The lowest BCUT2D eigenvalue weighted by molar-refractivity contribution is 0.0893. The van der Waals surface area contributed by atoms with E-state index in [1.165, 1.54) is 11.9 Å². The third-order valence-corrected chi connectivity index (χ3v) is 3.71. The van der Waals surface area contributed by atoms with Crippen molar-refractivity contribution >= 4 is 18.3 Å². The number of hydrogen-bond acceptors (Lipinski definition) is 6.